The maximum atomic E-state index is 11.7. The lowest BCUT2D eigenvalue weighted by Crippen LogP contribution is -2.26. The van der Waals surface area contributed by atoms with E-state index in [2.05, 4.69) is 20.1 Å². The van der Waals surface area contributed by atoms with E-state index in [1.165, 1.54) is 11.5 Å². The summed E-state index contributed by atoms with van der Waals surface area (Å²) in [6, 6.07) is 1.39. The molecule has 2 rings (SSSR count). The normalized spacial score (nSPS) is 12.4. The Hall–Kier alpha value is -1.76. The van der Waals surface area contributed by atoms with E-state index in [9.17, 15) is 4.79 Å². The fourth-order valence-corrected chi connectivity index (χ4v) is 1.72. The van der Waals surface area contributed by atoms with Gasteiger partial charge in [0.25, 0.3) is 5.91 Å². The quantitative estimate of drug-likeness (QED) is 0.872. The molecular weight excluding hydrogens is 228 g/mol. The van der Waals surface area contributed by atoms with Gasteiger partial charge in [-0.25, -0.2) is 0 Å². The summed E-state index contributed by atoms with van der Waals surface area (Å²) >= 11 is 1.25. The molecule has 0 bridgehead atoms. The van der Waals surface area contributed by atoms with Crippen molar-refractivity contribution in [3.05, 3.63) is 28.6 Å². The molecule has 2 aromatic rings. The summed E-state index contributed by atoms with van der Waals surface area (Å²) in [6.07, 6.45) is 0. The molecule has 84 valence electrons. The van der Waals surface area contributed by atoms with Crippen LogP contribution in [0.2, 0.25) is 0 Å². The van der Waals surface area contributed by atoms with Gasteiger partial charge < -0.3 is 9.84 Å². The minimum absolute atomic E-state index is 0.198. The fraction of sp³-hybridized carbons (Fsp3) is 0.333. The van der Waals surface area contributed by atoms with Crippen molar-refractivity contribution in [2.75, 3.05) is 0 Å². The second kappa shape index (κ2) is 4.40. The molecule has 16 heavy (non-hydrogen) atoms. The molecule has 1 N–H and O–H groups in total. The number of nitrogens with one attached hydrogen (secondary N) is 1. The molecular formula is C9H10N4O2S. The van der Waals surface area contributed by atoms with Crippen LogP contribution in [-0.2, 0) is 0 Å². The Morgan fingerprint density at radius 3 is 3.00 bits per heavy atom. The fourth-order valence-electron chi connectivity index (χ4n) is 1.17. The van der Waals surface area contributed by atoms with Crippen LogP contribution < -0.4 is 5.32 Å². The Labute approximate surface area is 95.8 Å². The van der Waals surface area contributed by atoms with Crippen LogP contribution in [0, 0.1) is 6.92 Å². The molecule has 0 saturated heterocycles. The summed E-state index contributed by atoms with van der Waals surface area (Å²) in [4.78, 5) is 11.7. The topological polar surface area (TPSA) is 80.9 Å². The summed E-state index contributed by atoms with van der Waals surface area (Å²) in [5.74, 6) is -0.103. The lowest BCUT2D eigenvalue weighted by molar-refractivity contribution is 0.0902. The van der Waals surface area contributed by atoms with Gasteiger partial charge in [-0.2, -0.15) is 0 Å². The Morgan fingerprint density at radius 1 is 1.62 bits per heavy atom. The first-order chi connectivity index (χ1) is 7.66. The molecule has 1 atom stereocenters. The van der Waals surface area contributed by atoms with Crippen molar-refractivity contribution in [3.63, 3.8) is 0 Å². The second-order valence-corrected chi connectivity index (χ2v) is 3.97. The van der Waals surface area contributed by atoms with E-state index in [0.717, 1.165) is 5.69 Å². The highest BCUT2D eigenvalue weighted by Gasteiger charge is 2.16. The van der Waals surface area contributed by atoms with Crippen LogP contribution in [0.4, 0.5) is 0 Å². The van der Waals surface area contributed by atoms with Crippen molar-refractivity contribution >= 4 is 17.4 Å². The Morgan fingerprint density at radius 2 is 2.44 bits per heavy atom. The molecule has 0 fully saturated rings. The zero-order valence-corrected chi connectivity index (χ0v) is 9.61. The van der Waals surface area contributed by atoms with E-state index in [0.29, 0.717) is 5.69 Å². The summed E-state index contributed by atoms with van der Waals surface area (Å²) < 4.78 is 8.58. The molecule has 2 aromatic heterocycles. The summed E-state index contributed by atoms with van der Waals surface area (Å²) in [7, 11) is 0. The minimum Gasteiger partial charge on any atom is -0.351 e. The van der Waals surface area contributed by atoms with Crippen molar-refractivity contribution in [3.8, 4) is 0 Å². The molecule has 0 saturated carbocycles. The third-order valence-electron chi connectivity index (χ3n) is 2.02. The van der Waals surface area contributed by atoms with Crippen LogP contribution in [0.5, 0.6) is 0 Å². The number of hydrogen-bond acceptors (Lipinski definition) is 6. The molecule has 0 aliphatic rings. The predicted molar refractivity (Wildman–Crippen MR) is 57.0 cm³/mol. The number of aromatic nitrogens is 3. The summed E-state index contributed by atoms with van der Waals surface area (Å²) in [5, 5.41) is 12.1. The first kappa shape index (κ1) is 10.7. The van der Waals surface area contributed by atoms with Crippen molar-refractivity contribution in [1.82, 2.24) is 20.1 Å². The number of hydrogen-bond donors (Lipinski definition) is 1. The molecule has 1 amide bonds. The van der Waals surface area contributed by atoms with Crippen molar-refractivity contribution < 1.29 is 9.32 Å². The van der Waals surface area contributed by atoms with Gasteiger partial charge in [-0.05, 0) is 25.4 Å². The monoisotopic (exact) mass is 238 g/mol. The highest BCUT2D eigenvalue weighted by Crippen LogP contribution is 2.11. The number of nitrogens with zero attached hydrogens (tertiary/aromatic N) is 3. The van der Waals surface area contributed by atoms with Crippen LogP contribution in [0.25, 0.3) is 0 Å². The van der Waals surface area contributed by atoms with Gasteiger partial charge >= 0.3 is 0 Å². The van der Waals surface area contributed by atoms with Crippen molar-refractivity contribution in [1.29, 1.82) is 0 Å². The first-order valence-corrected chi connectivity index (χ1v) is 5.51. The number of carbonyl (C=O) groups is 1. The number of aryl methyl sites for hydroxylation is 1. The minimum atomic E-state index is -0.305. The van der Waals surface area contributed by atoms with Crippen molar-refractivity contribution in [2.24, 2.45) is 0 Å². The van der Waals surface area contributed by atoms with Crippen LogP contribution in [0.1, 0.15) is 34.9 Å². The highest BCUT2D eigenvalue weighted by molar-refractivity contribution is 7.03. The lowest BCUT2D eigenvalue weighted by Gasteiger charge is -2.08. The maximum Gasteiger partial charge on any atom is 0.290 e. The van der Waals surface area contributed by atoms with Crippen LogP contribution in [0.3, 0.4) is 0 Å². The summed E-state index contributed by atoms with van der Waals surface area (Å²) in [6.45, 7) is 3.59. The lowest BCUT2D eigenvalue weighted by atomic mass is 10.2. The smallest absolute Gasteiger partial charge is 0.290 e. The molecule has 6 nitrogen and oxygen atoms in total. The molecule has 0 aliphatic heterocycles. The van der Waals surface area contributed by atoms with Gasteiger partial charge in [-0.3, -0.25) is 4.79 Å². The molecule has 0 unspecified atom stereocenters. The Balaban J connectivity index is 2.03. The zero-order chi connectivity index (χ0) is 11.5. The second-order valence-electron chi connectivity index (χ2n) is 3.36. The van der Waals surface area contributed by atoms with Crippen LogP contribution >= 0.6 is 11.5 Å². The number of amides is 1. The van der Waals surface area contributed by atoms with Gasteiger partial charge in [0.15, 0.2) is 0 Å². The standard InChI is InChI=1S/C9H10N4O2S/c1-5-3-8(15-12-5)9(14)10-6(2)7-4-16-13-11-7/h3-4,6H,1-2H3,(H,10,14)/t6-/m0/s1. The van der Waals surface area contributed by atoms with Crippen molar-refractivity contribution in [2.45, 2.75) is 19.9 Å². The average Bonchev–Trinajstić information content (AvgIpc) is 2.87. The average molecular weight is 238 g/mol. The van der Waals surface area contributed by atoms with E-state index in [1.54, 1.807) is 18.4 Å². The number of rotatable bonds is 3. The molecule has 0 radical (unpaired) electrons. The maximum absolute atomic E-state index is 11.7. The van der Waals surface area contributed by atoms with Crippen LogP contribution in [0.15, 0.2) is 16.0 Å². The zero-order valence-electron chi connectivity index (χ0n) is 8.80. The van der Waals surface area contributed by atoms with Gasteiger partial charge in [-0.1, -0.05) is 9.64 Å². The largest absolute Gasteiger partial charge is 0.351 e. The van der Waals surface area contributed by atoms with E-state index in [1.807, 2.05) is 6.92 Å². The molecule has 0 spiro atoms. The van der Waals surface area contributed by atoms with Crippen LogP contribution in [-0.4, -0.2) is 20.7 Å². The molecule has 0 aromatic carbocycles. The Bertz CT molecular complexity index is 479. The highest BCUT2D eigenvalue weighted by atomic mass is 32.1. The predicted octanol–water partition coefficient (Wildman–Crippen LogP) is 1.33. The van der Waals surface area contributed by atoms with E-state index >= 15 is 0 Å². The van der Waals surface area contributed by atoms with E-state index in [-0.39, 0.29) is 17.7 Å². The molecule has 0 aliphatic carbocycles. The van der Waals surface area contributed by atoms with Gasteiger partial charge in [-0.15, -0.1) is 5.10 Å². The van der Waals surface area contributed by atoms with Gasteiger partial charge in [0.2, 0.25) is 5.76 Å². The Kier molecular flexibility index (Phi) is 2.95. The molecule has 2 heterocycles. The van der Waals surface area contributed by atoms with E-state index < -0.39 is 0 Å². The van der Waals surface area contributed by atoms with Gasteiger partial charge in [0.1, 0.15) is 0 Å². The number of carbonyl (C=O) groups excluding carboxylic acids is 1. The molecule has 7 heteroatoms. The third-order valence-corrected chi connectivity index (χ3v) is 2.54. The summed E-state index contributed by atoms with van der Waals surface area (Å²) in [5.41, 5.74) is 1.41. The van der Waals surface area contributed by atoms with E-state index in [4.69, 9.17) is 4.52 Å². The van der Waals surface area contributed by atoms with Gasteiger partial charge in [0.05, 0.1) is 17.4 Å². The van der Waals surface area contributed by atoms with Gasteiger partial charge in [0, 0.05) is 11.4 Å². The first-order valence-electron chi connectivity index (χ1n) is 4.68. The third kappa shape index (κ3) is 2.25. The SMILES string of the molecule is Cc1cc(C(=O)N[C@@H](C)c2csnn2)on1.